The Balaban J connectivity index is 2.92. The van der Waals surface area contributed by atoms with E-state index in [0.29, 0.717) is 5.56 Å². The van der Waals surface area contributed by atoms with E-state index in [1.807, 2.05) is 0 Å². The van der Waals surface area contributed by atoms with Gasteiger partial charge >= 0.3 is 5.69 Å². The average molecular weight is 268 g/mol. The van der Waals surface area contributed by atoms with Crippen LogP contribution < -0.4 is 11.2 Å². The molecule has 1 amide bonds. The van der Waals surface area contributed by atoms with Crippen LogP contribution >= 0.6 is 0 Å². The summed E-state index contributed by atoms with van der Waals surface area (Å²) in [6.07, 6.45) is 2.82. The molecule has 0 unspecified atom stereocenters. The molecule has 0 spiro atoms. The van der Waals surface area contributed by atoms with Crippen LogP contribution in [0.5, 0.6) is 0 Å². The molecule has 0 atom stereocenters. The molecule has 0 saturated carbocycles. The largest absolute Gasteiger partial charge is 0.395 e. The Morgan fingerprint density at radius 1 is 1.53 bits per heavy atom. The van der Waals surface area contributed by atoms with Gasteiger partial charge < -0.3 is 10.0 Å². The molecular formula is C11H14N3O5. The van der Waals surface area contributed by atoms with Crippen molar-refractivity contribution < 1.29 is 14.7 Å². The number of amides is 1. The van der Waals surface area contributed by atoms with Crippen LogP contribution in [0.15, 0.2) is 15.8 Å². The molecule has 0 aromatic carbocycles. The number of aliphatic hydroxyl groups excluding tert-OH is 1. The van der Waals surface area contributed by atoms with Gasteiger partial charge in [-0.25, -0.2) is 4.79 Å². The van der Waals surface area contributed by atoms with Crippen LogP contribution in [0, 0.1) is 6.92 Å². The normalized spacial score (nSPS) is 10.2. The number of hydrogen-bond donors (Lipinski definition) is 2. The van der Waals surface area contributed by atoms with Gasteiger partial charge in [0, 0.05) is 18.3 Å². The third kappa shape index (κ3) is 3.88. The van der Waals surface area contributed by atoms with Gasteiger partial charge in [-0.15, -0.1) is 0 Å². The predicted molar refractivity (Wildman–Crippen MR) is 65.4 cm³/mol. The van der Waals surface area contributed by atoms with Gasteiger partial charge in [-0.2, -0.15) is 0 Å². The lowest BCUT2D eigenvalue weighted by Gasteiger charge is -2.19. The molecule has 2 N–H and O–H groups in total. The van der Waals surface area contributed by atoms with E-state index in [1.165, 1.54) is 13.1 Å². The second-order valence-corrected chi connectivity index (χ2v) is 3.88. The van der Waals surface area contributed by atoms with E-state index in [9.17, 15) is 19.2 Å². The minimum Gasteiger partial charge on any atom is -0.395 e. The summed E-state index contributed by atoms with van der Waals surface area (Å²) in [5.74, 6) is -0.522. The quantitative estimate of drug-likeness (QED) is 0.606. The SMILES string of the molecule is Cc1cn(CC(=O)N(C[C]=O)CCO)c(=O)[nH]c1=O. The fraction of sp³-hybridized carbons (Fsp3) is 0.455. The number of aromatic nitrogens is 2. The zero-order chi connectivity index (χ0) is 14.4. The number of rotatable bonds is 6. The van der Waals surface area contributed by atoms with E-state index in [2.05, 4.69) is 4.98 Å². The Bertz CT molecular complexity index is 574. The summed E-state index contributed by atoms with van der Waals surface area (Å²) < 4.78 is 1.04. The first-order valence-electron chi connectivity index (χ1n) is 5.53. The fourth-order valence-corrected chi connectivity index (χ4v) is 1.47. The van der Waals surface area contributed by atoms with Crippen LogP contribution in [0.4, 0.5) is 0 Å². The average Bonchev–Trinajstić information content (AvgIpc) is 2.35. The van der Waals surface area contributed by atoms with Crippen molar-refractivity contribution in [2.75, 3.05) is 19.7 Å². The highest BCUT2D eigenvalue weighted by atomic mass is 16.3. The maximum Gasteiger partial charge on any atom is 0.328 e. The standard InChI is InChI=1S/C11H14N3O5/c1-8-6-14(11(19)12-10(8)18)7-9(17)13(2-4-15)3-5-16/h6,15H,2-4,7H2,1H3,(H,12,18,19). The molecule has 1 radical (unpaired) electrons. The summed E-state index contributed by atoms with van der Waals surface area (Å²) in [5, 5.41) is 8.77. The van der Waals surface area contributed by atoms with Gasteiger partial charge in [0.05, 0.1) is 13.2 Å². The van der Waals surface area contributed by atoms with Crippen molar-refractivity contribution in [2.24, 2.45) is 0 Å². The number of nitrogens with zero attached hydrogens (tertiary/aromatic N) is 2. The van der Waals surface area contributed by atoms with Gasteiger partial charge in [0.15, 0.2) is 0 Å². The van der Waals surface area contributed by atoms with E-state index in [4.69, 9.17) is 5.11 Å². The third-order valence-electron chi connectivity index (χ3n) is 2.47. The molecule has 0 aliphatic heterocycles. The van der Waals surface area contributed by atoms with E-state index in [-0.39, 0.29) is 26.2 Å². The van der Waals surface area contributed by atoms with E-state index in [1.54, 1.807) is 6.29 Å². The fourth-order valence-electron chi connectivity index (χ4n) is 1.47. The highest BCUT2D eigenvalue weighted by molar-refractivity contribution is 5.78. The van der Waals surface area contributed by atoms with Crippen molar-refractivity contribution in [1.82, 2.24) is 14.5 Å². The third-order valence-corrected chi connectivity index (χ3v) is 2.47. The van der Waals surface area contributed by atoms with Gasteiger partial charge in [0.25, 0.3) is 5.56 Å². The number of carbonyl (C=O) groups excluding carboxylic acids is 2. The van der Waals surface area contributed by atoms with Crippen molar-refractivity contribution in [2.45, 2.75) is 13.5 Å². The van der Waals surface area contributed by atoms with E-state index in [0.717, 1.165) is 9.47 Å². The van der Waals surface area contributed by atoms with Crippen LogP contribution in [0.25, 0.3) is 0 Å². The van der Waals surface area contributed by atoms with Gasteiger partial charge in [-0.1, -0.05) is 0 Å². The molecule has 0 aliphatic carbocycles. The minimum atomic E-state index is -0.706. The Morgan fingerprint density at radius 2 is 2.21 bits per heavy atom. The van der Waals surface area contributed by atoms with Crippen molar-refractivity contribution in [3.05, 3.63) is 32.6 Å². The highest BCUT2D eigenvalue weighted by Gasteiger charge is 2.14. The second kappa shape index (κ2) is 6.64. The summed E-state index contributed by atoms with van der Waals surface area (Å²) in [4.78, 5) is 47.9. The number of carbonyl (C=O) groups is 1. The number of aryl methyl sites for hydroxylation is 1. The monoisotopic (exact) mass is 268 g/mol. The van der Waals surface area contributed by atoms with Gasteiger partial charge in [-0.3, -0.25) is 23.9 Å². The first-order chi connectivity index (χ1) is 8.99. The molecule has 103 valence electrons. The Labute approximate surface area is 108 Å². The lowest BCUT2D eigenvalue weighted by molar-refractivity contribution is -0.131. The molecule has 1 rings (SSSR count). The maximum absolute atomic E-state index is 11.8. The van der Waals surface area contributed by atoms with Gasteiger partial charge in [0.1, 0.15) is 6.54 Å². The molecule has 0 saturated heterocycles. The Morgan fingerprint density at radius 3 is 2.79 bits per heavy atom. The molecule has 1 aromatic heterocycles. The summed E-state index contributed by atoms with van der Waals surface area (Å²) in [6.45, 7) is 0.580. The van der Waals surface area contributed by atoms with Crippen molar-refractivity contribution in [3.63, 3.8) is 0 Å². The number of aromatic amines is 1. The molecule has 0 aliphatic rings. The summed E-state index contributed by atoms with van der Waals surface area (Å²) in [6, 6.07) is 0. The molecule has 0 fully saturated rings. The highest BCUT2D eigenvalue weighted by Crippen LogP contribution is 1.92. The number of hydrogen-bond acceptors (Lipinski definition) is 5. The van der Waals surface area contributed by atoms with Crippen molar-refractivity contribution >= 4 is 12.2 Å². The zero-order valence-corrected chi connectivity index (χ0v) is 10.4. The molecule has 0 bridgehead atoms. The molecule has 1 heterocycles. The lowest BCUT2D eigenvalue weighted by atomic mass is 10.3. The number of H-pyrrole nitrogens is 1. The molecule has 8 heteroatoms. The van der Waals surface area contributed by atoms with Crippen LogP contribution in [0.1, 0.15) is 5.56 Å². The molecule has 19 heavy (non-hydrogen) atoms. The minimum absolute atomic E-state index is 0.0227. The smallest absolute Gasteiger partial charge is 0.328 e. The van der Waals surface area contributed by atoms with Crippen LogP contribution in [-0.4, -0.2) is 51.4 Å². The number of aliphatic hydroxyl groups is 1. The Hall–Kier alpha value is -2.22. The van der Waals surface area contributed by atoms with Gasteiger partial charge in [0.2, 0.25) is 12.2 Å². The summed E-state index contributed by atoms with van der Waals surface area (Å²) >= 11 is 0. The zero-order valence-electron chi connectivity index (χ0n) is 10.4. The first-order valence-corrected chi connectivity index (χ1v) is 5.53. The predicted octanol–water partition coefficient (Wildman–Crippen LogP) is -2.22. The second-order valence-electron chi connectivity index (χ2n) is 3.88. The summed E-state index contributed by atoms with van der Waals surface area (Å²) in [7, 11) is 0. The van der Waals surface area contributed by atoms with E-state index >= 15 is 0 Å². The van der Waals surface area contributed by atoms with Crippen LogP contribution in [0.2, 0.25) is 0 Å². The van der Waals surface area contributed by atoms with Crippen LogP contribution in [-0.2, 0) is 16.1 Å². The number of nitrogens with one attached hydrogen (secondary N) is 1. The lowest BCUT2D eigenvalue weighted by Crippen LogP contribution is -2.40. The molecule has 8 nitrogen and oxygen atoms in total. The topological polar surface area (TPSA) is 112 Å². The van der Waals surface area contributed by atoms with Crippen LogP contribution in [0.3, 0.4) is 0 Å². The maximum atomic E-state index is 11.8. The van der Waals surface area contributed by atoms with Gasteiger partial charge in [-0.05, 0) is 6.92 Å². The molecular weight excluding hydrogens is 254 g/mol. The molecule has 1 aromatic rings. The summed E-state index contributed by atoms with van der Waals surface area (Å²) in [5.41, 5.74) is -0.923. The van der Waals surface area contributed by atoms with Crippen molar-refractivity contribution in [3.8, 4) is 0 Å². The Kier molecular flexibility index (Phi) is 5.19. The van der Waals surface area contributed by atoms with Crippen molar-refractivity contribution in [1.29, 1.82) is 0 Å². The first kappa shape index (κ1) is 14.8. The van der Waals surface area contributed by atoms with E-state index < -0.39 is 17.2 Å².